The van der Waals surface area contributed by atoms with Gasteiger partial charge in [0.2, 0.25) is 0 Å². The Morgan fingerprint density at radius 2 is 2.10 bits per heavy atom. The van der Waals surface area contributed by atoms with Crippen LogP contribution in [0, 0.1) is 5.41 Å². The fourth-order valence-electron chi connectivity index (χ4n) is 2.40. The minimum atomic E-state index is -4.62. The number of pyridine rings is 1. The fraction of sp³-hybridized carbons (Fsp3) is 0.562. The molecule has 0 saturated carbocycles. The van der Waals surface area contributed by atoms with Crippen LogP contribution in [-0.4, -0.2) is 48.1 Å². The van der Waals surface area contributed by atoms with E-state index in [1.165, 1.54) is 7.11 Å². The molecule has 164 valence electrons. The van der Waals surface area contributed by atoms with Gasteiger partial charge in [-0.05, 0) is 0 Å². The number of methoxy groups -OCH3 is 1. The summed E-state index contributed by atoms with van der Waals surface area (Å²) in [5, 5.41) is 2.50. The number of amides is 1. The third-order valence-electron chi connectivity index (χ3n) is 3.97. The Morgan fingerprint density at radius 1 is 1.41 bits per heavy atom. The normalized spacial score (nSPS) is 21.7. The molecule has 1 amide bonds. The number of nitrogens with one attached hydrogen (secondary N) is 1. The summed E-state index contributed by atoms with van der Waals surface area (Å²) in [5.41, 5.74) is -1.98. The number of halogens is 3. The van der Waals surface area contributed by atoms with Crippen molar-refractivity contribution in [3.63, 3.8) is 0 Å². The third kappa shape index (κ3) is 6.23. The van der Waals surface area contributed by atoms with Crippen molar-refractivity contribution in [2.24, 2.45) is 5.41 Å². The van der Waals surface area contributed by atoms with E-state index in [0.717, 1.165) is 12.3 Å². The van der Waals surface area contributed by atoms with Crippen molar-refractivity contribution in [1.82, 2.24) is 10.3 Å². The van der Waals surface area contributed by atoms with Crippen LogP contribution in [0.25, 0.3) is 0 Å². The van der Waals surface area contributed by atoms with Crippen LogP contribution in [0.2, 0.25) is 0 Å². The van der Waals surface area contributed by atoms with Crippen LogP contribution in [0.1, 0.15) is 26.0 Å². The van der Waals surface area contributed by atoms with Gasteiger partial charge in [-0.3, -0.25) is 0 Å². The molecule has 1 aliphatic rings. The van der Waals surface area contributed by atoms with Crippen molar-refractivity contribution in [3.05, 3.63) is 24.0 Å². The zero-order chi connectivity index (χ0) is 21.9. The van der Waals surface area contributed by atoms with E-state index in [0.29, 0.717) is 6.07 Å². The van der Waals surface area contributed by atoms with Crippen LogP contribution in [0.15, 0.2) is 18.3 Å². The summed E-state index contributed by atoms with van der Waals surface area (Å²) in [4.78, 5) is 37.3. The SMILES string of the molecule is COC(=O)CCNC(=O)[C@@H]1O[PH](O)(Oc2ccc(C(F)(F)F)nc2)OCC1(C)C. The number of carbonyl (C=O) groups excluding carboxylic acids is 2. The molecular weight excluding hydrogens is 420 g/mol. The second kappa shape index (κ2) is 8.78. The first-order chi connectivity index (χ1) is 13.4. The zero-order valence-electron chi connectivity index (χ0n) is 15.9. The van der Waals surface area contributed by atoms with E-state index < -0.39 is 43.4 Å². The maximum atomic E-state index is 12.6. The van der Waals surface area contributed by atoms with Gasteiger partial charge in [0.25, 0.3) is 0 Å². The molecule has 29 heavy (non-hydrogen) atoms. The van der Waals surface area contributed by atoms with Crippen LogP contribution < -0.4 is 9.84 Å². The second-order valence-electron chi connectivity index (χ2n) is 6.90. The average molecular weight is 442 g/mol. The Labute approximate surface area is 165 Å². The predicted molar refractivity (Wildman–Crippen MR) is 94.6 cm³/mol. The van der Waals surface area contributed by atoms with Crippen LogP contribution >= 0.6 is 8.17 Å². The molecule has 13 heteroatoms. The number of nitrogens with zero attached hydrogens (tertiary/aromatic N) is 1. The van der Waals surface area contributed by atoms with Crippen molar-refractivity contribution >= 4 is 20.0 Å². The van der Waals surface area contributed by atoms with Gasteiger partial charge in [-0.2, -0.15) is 0 Å². The molecule has 1 saturated heterocycles. The number of carbonyl (C=O) groups is 2. The van der Waals surface area contributed by atoms with E-state index in [4.69, 9.17) is 13.6 Å². The molecule has 0 unspecified atom stereocenters. The monoisotopic (exact) mass is 442 g/mol. The Balaban J connectivity index is 2.06. The van der Waals surface area contributed by atoms with Gasteiger partial charge < -0.3 is 0 Å². The molecule has 0 aliphatic carbocycles. The molecule has 0 spiro atoms. The van der Waals surface area contributed by atoms with Gasteiger partial charge in [0.05, 0.1) is 0 Å². The molecule has 1 aromatic heterocycles. The van der Waals surface area contributed by atoms with Crippen molar-refractivity contribution in [2.75, 3.05) is 20.3 Å². The van der Waals surface area contributed by atoms with Gasteiger partial charge in [0, 0.05) is 0 Å². The summed E-state index contributed by atoms with van der Waals surface area (Å²) in [6.45, 7) is 3.20. The van der Waals surface area contributed by atoms with E-state index in [1.807, 2.05) is 0 Å². The van der Waals surface area contributed by atoms with Crippen LogP contribution in [-0.2, 0) is 29.5 Å². The summed E-state index contributed by atoms with van der Waals surface area (Å²) in [6, 6.07) is 1.63. The predicted octanol–water partition coefficient (Wildman–Crippen LogP) is 2.00. The van der Waals surface area contributed by atoms with E-state index in [9.17, 15) is 27.7 Å². The number of hydrogen-bond donors (Lipinski definition) is 2. The molecule has 0 radical (unpaired) electrons. The first-order valence-corrected chi connectivity index (χ1v) is 10.1. The molecule has 0 bridgehead atoms. The quantitative estimate of drug-likeness (QED) is 0.508. The van der Waals surface area contributed by atoms with E-state index in [1.54, 1.807) is 13.8 Å². The first kappa shape index (κ1) is 23.3. The summed E-state index contributed by atoms with van der Waals surface area (Å²) >= 11 is 0. The minimum absolute atomic E-state index is 0.00797. The number of rotatable bonds is 6. The summed E-state index contributed by atoms with van der Waals surface area (Å²) in [5.74, 6) is -1.33. The maximum absolute atomic E-state index is 12.6. The van der Waals surface area contributed by atoms with Gasteiger partial charge in [0.15, 0.2) is 0 Å². The number of aromatic nitrogens is 1. The number of ether oxygens (including phenoxy) is 1. The van der Waals surface area contributed by atoms with Crippen LogP contribution in [0.4, 0.5) is 13.2 Å². The van der Waals surface area contributed by atoms with Gasteiger partial charge in [-0.25, -0.2) is 0 Å². The Hall–Kier alpha value is -2.01. The Bertz CT molecular complexity index is 745. The summed E-state index contributed by atoms with van der Waals surface area (Å²) in [7, 11) is -3.18. The van der Waals surface area contributed by atoms with Crippen molar-refractivity contribution in [1.29, 1.82) is 0 Å². The molecule has 1 aromatic rings. The van der Waals surface area contributed by atoms with E-state index >= 15 is 0 Å². The number of esters is 1. The van der Waals surface area contributed by atoms with Crippen LogP contribution in [0.5, 0.6) is 5.75 Å². The average Bonchev–Trinajstić information content (AvgIpc) is 2.63. The molecule has 1 atom stereocenters. The molecule has 2 N–H and O–H groups in total. The van der Waals surface area contributed by atoms with Crippen molar-refractivity contribution < 1.29 is 46.0 Å². The molecule has 1 fully saturated rings. The van der Waals surface area contributed by atoms with E-state index in [2.05, 4.69) is 15.0 Å². The standard InChI is InChI=1S/C16H22F3N2O7P/c1-15(2)9-26-29(24,27-10-4-5-11(21-8-10)16(17,18)19)28-13(15)14(23)20-7-6-12(22)25-3/h4-5,8,13,24,29H,6-7,9H2,1-3H3,(H,20,23)/t13-/m0/s1. The molecule has 0 aromatic carbocycles. The van der Waals surface area contributed by atoms with Gasteiger partial charge in [0.1, 0.15) is 0 Å². The van der Waals surface area contributed by atoms with Gasteiger partial charge in [-0.15, -0.1) is 0 Å². The molecular formula is C16H22F3N2O7P. The summed E-state index contributed by atoms with van der Waals surface area (Å²) < 4.78 is 58.1. The Morgan fingerprint density at radius 3 is 2.66 bits per heavy atom. The van der Waals surface area contributed by atoms with Crippen molar-refractivity contribution in [3.8, 4) is 5.75 Å². The van der Waals surface area contributed by atoms with Crippen molar-refractivity contribution in [2.45, 2.75) is 32.5 Å². The number of hydrogen-bond acceptors (Lipinski definition) is 8. The third-order valence-corrected chi connectivity index (χ3v) is 5.51. The molecule has 2 rings (SSSR count). The van der Waals surface area contributed by atoms with Gasteiger partial charge >= 0.3 is 164 Å². The van der Waals surface area contributed by atoms with E-state index in [-0.39, 0.29) is 25.3 Å². The second-order valence-corrected chi connectivity index (χ2v) is 8.67. The molecule has 1 aliphatic heterocycles. The first-order valence-electron chi connectivity index (χ1n) is 8.47. The van der Waals surface area contributed by atoms with Gasteiger partial charge in [-0.1, -0.05) is 0 Å². The molecule has 2 heterocycles. The number of alkyl halides is 3. The fourth-order valence-corrected chi connectivity index (χ4v) is 4.27. The zero-order valence-corrected chi connectivity index (χ0v) is 16.9. The Kier molecular flexibility index (Phi) is 7.05. The topological polar surface area (TPSA) is 116 Å². The summed E-state index contributed by atoms with van der Waals surface area (Å²) in [6.07, 6.45) is -5.09. The van der Waals surface area contributed by atoms with Crippen LogP contribution in [0.3, 0.4) is 0 Å². The molecule has 9 nitrogen and oxygen atoms in total.